The van der Waals surface area contributed by atoms with Gasteiger partial charge in [0.1, 0.15) is 0 Å². The summed E-state index contributed by atoms with van der Waals surface area (Å²) < 4.78 is 0. The number of piperidine rings is 1. The summed E-state index contributed by atoms with van der Waals surface area (Å²) >= 11 is 0. The van der Waals surface area contributed by atoms with E-state index in [-0.39, 0.29) is 0 Å². The van der Waals surface area contributed by atoms with Crippen molar-refractivity contribution in [2.45, 2.75) is 45.4 Å². The maximum absolute atomic E-state index is 5.86. The SMILES string of the molecule is CCCCCCNC(N)=NCC1CCN(C)CC1. The van der Waals surface area contributed by atoms with Gasteiger partial charge in [0.15, 0.2) is 5.96 Å². The Kier molecular flexibility index (Phi) is 7.81. The Balaban J connectivity index is 2.06. The number of hydrogen-bond donors (Lipinski definition) is 2. The highest BCUT2D eigenvalue weighted by Crippen LogP contribution is 2.15. The quantitative estimate of drug-likeness (QED) is 0.414. The molecule has 18 heavy (non-hydrogen) atoms. The number of nitrogens with two attached hydrogens (primary N) is 1. The summed E-state index contributed by atoms with van der Waals surface area (Å²) in [5.74, 6) is 1.35. The molecule has 0 radical (unpaired) electrons. The van der Waals surface area contributed by atoms with Crippen LogP contribution in [-0.2, 0) is 0 Å². The van der Waals surface area contributed by atoms with Crippen molar-refractivity contribution in [1.29, 1.82) is 0 Å². The van der Waals surface area contributed by atoms with Crippen LogP contribution in [0.2, 0.25) is 0 Å². The largest absolute Gasteiger partial charge is 0.370 e. The highest BCUT2D eigenvalue weighted by molar-refractivity contribution is 5.77. The van der Waals surface area contributed by atoms with Crippen LogP contribution in [0.4, 0.5) is 0 Å². The standard InChI is InChI=1S/C14H30N4/c1-3-4-5-6-9-16-14(15)17-12-13-7-10-18(2)11-8-13/h13H,3-12H2,1-2H3,(H3,15,16,17). The van der Waals surface area contributed by atoms with Crippen LogP contribution >= 0.6 is 0 Å². The molecule has 1 saturated heterocycles. The molecule has 1 rings (SSSR count). The predicted molar refractivity (Wildman–Crippen MR) is 78.9 cm³/mol. The van der Waals surface area contributed by atoms with Gasteiger partial charge < -0.3 is 16.0 Å². The first-order valence-corrected chi connectivity index (χ1v) is 7.44. The van der Waals surface area contributed by atoms with Crippen molar-refractivity contribution in [1.82, 2.24) is 10.2 Å². The molecule has 3 N–H and O–H groups in total. The van der Waals surface area contributed by atoms with E-state index in [1.807, 2.05) is 0 Å². The molecule has 0 aromatic rings. The first-order valence-electron chi connectivity index (χ1n) is 7.44. The molecular weight excluding hydrogens is 224 g/mol. The Morgan fingerprint density at radius 1 is 1.28 bits per heavy atom. The number of rotatable bonds is 7. The third-order valence-electron chi connectivity index (χ3n) is 3.69. The van der Waals surface area contributed by atoms with Crippen LogP contribution in [0.25, 0.3) is 0 Å². The van der Waals surface area contributed by atoms with Gasteiger partial charge in [-0.3, -0.25) is 4.99 Å². The van der Waals surface area contributed by atoms with E-state index < -0.39 is 0 Å². The molecule has 4 heteroatoms. The van der Waals surface area contributed by atoms with Crippen LogP contribution < -0.4 is 11.1 Å². The lowest BCUT2D eigenvalue weighted by Crippen LogP contribution is -2.34. The Morgan fingerprint density at radius 3 is 2.67 bits per heavy atom. The average Bonchev–Trinajstić information content (AvgIpc) is 2.38. The maximum Gasteiger partial charge on any atom is 0.188 e. The molecule has 0 aromatic heterocycles. The third kappa shape index (κ3) is 6.84. The minimum Gasteiger partial charge on any atom is -0.370 e. The van der Waals surface area contributed by atoms with Gasteiger partial charge in [0.05, 0.1) is 0 Å². The lowest BCUT2D eigenvalue weighted by atomic mass is 9.97. The first kappa shape index (κ1) is 15.3. The topological polar surface area (TPSA) is 53.6 Å². The van der Waals surface area contributed by atoms with Crippen LogP contribution in [0.15, 0.2) is 4.99 Å². The van der Waals surface area contributed by atoms with Gasteiger partial charge in [-0.1, -0.05) is 26.2 Å². The van der Waals surface area contributed by atoms with Crippen LogP contribution in [0.5, 0.6) is 0 Å². The van der Waals surface area contributed by atoms with Gasteiger partial charge >= 0.3 is 0 Å². The van der Waals surface area contributed by atoms with Gasteiger partial charge in [0.25, 0.3) is 0 Å². The fourth-order valence-corrected chi connectivity index (χ4v) is 2.30. The lowest BCUT2D eigenvalue weighted by molar-refractivity contribution is 0.223. The molecule has 0 atom stereocenters. The van der Waals surface area contributed by atoms with Crippen LogP contribution in [-0.4, -0.2) is 44.1 Å². The summed E-state index contributed by atoms with van der Waals surface area (Å²) in [4.78, 5) is 6.84. The van der Waals surface area contributed by atoms with Crippen molar-refractivity contribution in [3.05, 3.63) is 0 Å². The first-order chi connectivity index (χ1) is 8.72. The zero-order chi connectivity index (χ0) is 13.2. The second-order valence-corrected chi connectivity index (χ2v) is 5.46. The number of aliphatic imine (C=N–C) groups is 1. The van der Waals surface area contributed by atoms with Crippen molar-refractivity contribution >= 4 is 5.96 Å². The smallest absolute Gasteiger partial charge is 0.188 e. The van der Waals surface area contributed by atoms with E-state index in [1.54, 1.807) is 0 Å². The molecule has 4 nitrogen and oxygen atoms in total. The number of hydrogen-bond acceptors (Lipinski definition) is 2. The third-order valence-corrected chi connectivity index (χ3v) is 3.69. The van der Waals surface area contributed by atoms with Gasteiger partial charge in [0.2, 0.25) is 0 Å². The fraction of sp³-hybridized carbons (Fsp3) is 0.929. The summed E-state index contributed by atoms with van der Waals surface area (Å²) in [7, 11) is 2.19. The van der Waals surface area contributed by atoms with E-state index in [0.717, 1.165) is 19.0 Å². The van der Waals surface area contributed by atoms with Gasteiger partial charge in [-0.05, 0) is 45.3 Å². The van der Waals surface area contributed by atoms with Crippen molar-refractivity contribution in [2.75, 3.05) is 33.2 Å². The number of nitrogens with one attached hydrogen (secondary N) is 1. The Labute approximate surface area is 112 Å². The second-order valence-electron chi connectivity index (χ2n) is 5.46. The maximum atomic E-state index is 5.86. The van der Waals surface area contributed by atoms with Crippen molar-refractivity contribution in [3.63, 3.8) is 0 Å². The van der Waals surface area contributed by atoms with Gasteiger partial charge in [-0.25, -0.2) is 0 Å². The van der Waals surface area contributed by atoms with Gasteiger partial charge in [-0.15, -0.1) is 0 Å². The summed E-state index contributed by atoms with van der Waals surface area (Å²) in [6, 6.07) is 0. The van der Waals surface area contributed by atoms with Gasteiger partial charge in [0, 0.05) is 13.1 Å². The Hall–Kier alpha value is -0.770. The summed E-state index contributed by atoms with van der Waals surface area (Å²) in [5, 5.41) is 3.21. The lowest BCUT2D eigenvalue weighted by Gasteiger charge is -2.27. The summed E-state index contributed by atoms with van der Waals surface area (Å²) in [5.41, 5.74) is 5.86. The molecule has 0 aliphatic carbocycles. The van der Waals surface area contributed by atoms with Crippen LogP contribution in [0, 0.1) is 5.92 Å². The predicted octanol–water partition coefficient (Wildman–Crippen LogP) is 1.81. The zero-order valence-corrected chi connectivity index (χ0v) is 12.1. The minimum atomic E-state index is 0.630. The highest BCUT2D eigenvalue weighted by Gasteiger charge is 2.15. The molecule has 0 unspecified atom stereocenters. The molecular formula is C14H30N4. The molecule has 1 aliphatic rings. The molecule has 106 valence electrons. The van der Waals surface area contributed by atoms with E-state index >= 15 is 0 Å². The molecule has 1 fully saturated rings. The Bertz CT molecular complexity index is 232. The normalized spacial score (nSPS) is 19.1. The number of likely N-dealkylation sites (tertiary alicyclic amines) is 1. The average molecular weight is 254 g/mol. The molecule has 1 aliphatic heterocycles. The van der Waals surface area contributed by atoms with E-state index in [0.29, 0.717) is 5.96 Å². The van der Waals surface area contributed by atoms with Crippen molar-refractivity contribution in [2.24, 2.45) is 16.6 Å². The van der Waals surface area contributed by atoms with Crippen molar-refractivity contribution in [3.8, 4) is 0 Å². The van der Waals surface area contributed by atoms with E-state index in [1.165, 1.54) is 51.6 Å². The van der Waals surface area contributed by atoms with E-state index in [4.69, 9.17) is 5.73 Å². The molecule has 0 spiro atoms. The second kappa shape index (κ2) is 9.20. The van der Waals surface area contributed by atoms with E-state index in [9.17, 15) is 0 Å². The monoisotopic (exact) mass is 254 g/mol. The van der Waals surface area contributed by atoms with Gasteiger partial charge in [-0.2, -0.15) is 0 Å². The molecule has 1 heterocycles. The molecule has 0 aromatic carbocycles. The summed E-state index contributed by atoms with van der Waals surface area (Å²) in [6.07, 6.45) is 7.58. The van der Waals surface area contributed by atoms with Crippen molar-refractivity contribution < 1.29 is 0 Å². The van der Waals surface area contributed by atoms with E-state index in [2.05, 4.69) is 29.2 Å². The Morgan fingerprint density at radius 2 is 2.00 bits per heavy atom. The minimum absolute atomic E-state index is 0.630. The fourth-order valence-electron chi connectivity index (χ4n) is 2.30. The number of guanidine groups is 1. The zero-order valence-electron chi connectivity index (χ0n) is 12.1. The molecule has 0 bridgehead atoms. The van der Waals surface area contributed by atoms with Crippen LogP contribution in [0.1, 0.15) is 45.4 Å². The summed E-state index contributed by atoms with van der Waals surface area (Å²) in [6.45, 7) is 6.48. The number of unbranched alkanes of at least 4 members (excludes halogenated alkanes) is 3. The highest BCUT2D eigenvalue weighted by atomic mass is 15.1. The molecule has 0 saturated carbocycles. The molecule has 0 amide bonds. The number of nitrogens with zero attached hydrogens (tertiary/aromatic N) is 2. The van der Waals surface area contributed by atoms with Crippen LogP contribution in [0.3, 0.4) is 0 Å².